The van der Waals surface area contributed by atoms with Crippen molar-refractivity contribution in [2.75, 3.05) is 14.2 Å². The largest absolute Gasteiger partial charge is 0.346 e. The lowest BCUT2D eigenvalue weighted by molar-refractivity contribution is -0.133. The number of hydrogen-bond acceptors (Lipinski definition) is 7. The van der Waals surface area contributed by atoms with Crippen molar-refractivity contribution in [3.05, 3.63) is 50.8 Å². The van der Waals surface area contributed by atoms with Crippen molar-refractivity contribution in [2.24, 2.45) is 22.4 Å². The Bertz CT molecular complexity index is 1140. The van der Waals surface area contributed by atoms with Crippen molar-refractivity contribution >= 4 is 35.2 Å². The van der Waals surface area contributed by atoms with E-state index >= 15 is 0 Å². The van der Waals surface area contributed by atoms with Crippen LogP contribution in [0.4, 0.5) is 0 Å². The van der Waals surface area contributed by atoms with E-state index in [-0.39, 0.29) is 17.1 Å². The summed E-state index contributed by atoms with van der Waals surface area (Å²) >= 11 is 1.30. The van der Waals surface area contributed by atoms with Gasteiger partial charge in [0.25, 0.3) is 17.2 Å². The monoisotopic (exact) mass is 416 g/mol. The lowest BCUT2D eigenvalue weighted by atomic mass is 9.87. The molecule has 3 unspecified atom stereocenters. The van der Waals surface area contributed by atoms with E-state index in [4.69, 9.17) is 4.74 Å². The molecule has 11 heteroatoms. The third kappa shape index (κ3) is 2.80. The number of nitrogens with zero attached hydrogens (tertiary/aromatic N) is 4. The second-order valence-electron chi connectivity index (χ2n) is 6.86. The van der Waals surface area contributed by atoms with Crippen LogP contribution in [0.5, 0.6) is 0 Å². The van der Waals surface area contributed by atoms with E-state index in [2.05, 4.69) is 20.0 Å². The Morgan fingerprint density at radius 2 is 2.10 bits per heavy atom. The first kappa shape index (κ1) is 19.4. The average Bonchev–Trinajstić information content (AvgIpc) is 3.27. The van der Waals surface area contributed by atoms with Crippen molar-refractivity contribution in [1.82, 2.24) is 19.8 Å². The third-order valence-electron chi connectivity index (χ3n) is 5.30. The van der Waals surface area contributed by atoms with Crippen LogP contribution in [0.2, 0.25) is 0 Å². The van der Waals surface area contributed by atoms with Crippen LogP contribution < -0.4 is 21.9 Å². The molecule has 1 aromatic heterocycles. The maximum Gasteiger partial charge on any atom is 0.335 e. The van der Waals surface area contributed by atoms with Gasteiger partial charge in [0.1, 0.15) is 0 Å². The fourth-order valence-corrected chi connectivity index (χ4v) is 4.55. The van der Waals surface area contributed by atoms with Crippen molar-refractivity contribution in [3.63, 3.8) is 0 Å². The number of ether oxygens (including phenoxy) is 1. The molecule has 10 nitrogen and oxygen atoms in total. The number of hydrogen-bond donors (Lipinski definition) is 2. The molecule has 0 spiro atoms. The van der Waals surface area contributed by atoms with E-state index in [1.54, 1.807) is 33.2 Å². The SMILES string of the molecule is CN=C1NC(=O)C(OC)(C2=NSC3C=CC(n4c(=O)cc(C)n(C)c4=O)=CC23)N1. The molecule has 2 aliphatic heterocycles. The van der Waals surface area contributed by atoms with E-state index in [9.17, 15) is 14.4 Å². The number of guanidine groups is 1. The molecule has 3 aliphatic rings. The van der Waals surface area contributed by atoms with Gasteiger partial charge in [-0.25, -0.2) is 13.8 Å². The molecule has 0 bridgehead atoms. The van der Waals surface area contributed by atoms with Gasteiger partial charge in [-0.05, 0) is 31.0 Å². The van der Waals surface area contributed by atoms with Gasteiger partial charge in [-0.3, -0.25) is 19.9 Å². The maximum absolute atomic E-state index is 12.7. The lowest BCUT2D eigenvalue weighted by Gasteiger charge is -2.29. The summed E-state index contributed by atoms with van der Waals surface area (Å²) < 4.78 is 12.6. The van der Waals surface area contributed by atoms with Gasteiger partial charge in [0, 0.05) is 38.9 Å². The Kier molecular flexibility index (Phi) is 4.58. The zero-order valence-corrected chi connectivity index (χ0v) is 17.1. The van der Waals surface area contributed by atoms with E-state index in [0.29, 0.717) is 17.1 Å². The lowest BCUT2D eigenvalue weighted by Crippen LogP contribution is -2.57. The van der Waals surface area contributed by atoms with Crippen LogP contribution in [0.15, 0.2) is 43.3 Å². The van der Waals surface area contributed by atoms with E-state index < -0.39 is 22.9 Å². The maximum atomic E-state index is 12.7. The number of methoxy groups -OCH3 is 1. The number of aryl methyl sites for hydroxylation is 1. The summed E-state index contributed by atoms with van der Waals surface area (Å²) in [7, 11) is 4.57. The Morgan fingerprint density at radius 3 is 2.76 bits per heavy atom. The molecule has 3 heterocycles. The second-order valence-corrected chi connectivity index (χ2v) is 7.80. The van der Waals surface area contributed by atoms with E-state index in [0.717, 1.165) is 4.57 Å². The number of carbonyl (C=O) groups excluding carboxylic acids is 1. The quantitative estimate of drug-likeness (QED) is 0.636. The molecule has 1 saturated heterocycles. The zero-order valence-electron chi connectivity index (χ0n) is 16.3. The standard InChI is InChI=1S/C18H20N6O4S/c1-9-7-13(25)24(17(27)23(9)3)10-5-6-12-11(8-10)14(22-29-12)18(28-4)15(26)20-16(19-2)21-18/h5-8,11-12H,1-4H3,(H2,19,20,21,26). The summed E-state index contributed by atoms with van der Waals surface area (Å²) in [6, 6.07) is 1.41. The summed E-state index contributed by atoms with van der Waals surface area (Å²) in [5.74, 6) is -0.493. The van der Waals surface area contributed by atoms with Crippen LogP contribution in [0, 0.1) is 12.8 Å². The van der Waals surface area contributed by atoms with Crippen LogP contribution in [-0.2, 0) is 16.6 Å². The highest BCUT2D eigenvalue weighted by Crippen LogP contribution is 2.40. The summed E-state index contributed by atoms with van der Waals surface area (Å²) in [5, 5.41) is 5.51. The topological polar surface area (TPSA) is 119 Å². The van der Waals surface area contributed by atoms with Crippen LogP contribution >= 0.6 is 11.9 Å². The minimum Gasteiger partial charge on any atom is -0.346 e. The smallest absolute Gasteiger partial charge is 0.335 e. The van der Waals surface area contributed by atoms with Crippen molar-refractivity contribution in [3.8, 4) is 0 Å². The Balaban J connectivity index is 1.80. The molecule has 4 rings (SSSR count). The predicted molar refractivity (Wildman–Crippen MR) is 111 cm³/mol. The van der Waals surface area contributed by atoms with Crippen LogP contribution in [0.25, 0.3) is 5.70 Å². The van der Waals surface area contributed by atoms with Gasteiger partial charge >= 0.3 is 5.69 Å². The molecule has 0 radical (unpaired) electrons. The molecule has 0 saturated carbocycles. The van der Waals surface area contributed by atoms with Crippen LogP contribution in [0.1, 0.15) is 5.69 Å². The highest BCUT2D eigenvalue weighted by molar-refractivity contribution is 7.99. The molecular weight excluding hydrogens is 396 g/mol. The number of fused-ring (bicyclic) bond motifs is 1. The third-order valence-corrected chi connectivity index (χ3v) is 6.30. The fourth-order valence-electron chi connectivity index (χ4n) is 3.57. The molecule has 1 aliphatic carbocycles. The van der Waals surface area contributed by atoms with Gasteiger partial charge < -0.3 is 14.6 Å². The number of nitrogens with one attached hydrogen (secondary N) is 2. The first-order valence-electron chi connectivity index (χ1n) is 8.88. The molecule has 1 amide bonds. The van der Waals surface area contributed by atoms with Gasteiger partial charge in [0.05, 0.1) is 16.7 Å². The predicted octanol–water partition coefficient (Wildman–Crippen LogP) is -0.598. The van der Waals surface area contributed by atoms with Crippen LogP contribution in [-0.4, -0.2) is 51.8 Å². The fraction of sp³-hybridized carbons (Fsp3) is 0.389. The minimum absolute atomic E-state index is 0.0806. The highest BCUT2D eigenvalue weighted by Gasteiger charge is 2.55. The number of rotatable bonds is 3. The second kappa shape index (κ2) is 6.85. The molecule has 1 aromatic rings. The Hall–Kier alpha value is -2.92. The molecular formula is C18H20N6O4S. The summed E-state index contributed by atoms with van der Waals surface area (Å²) in [5.41, 5.74) is -0.900. The zero-order chi connectivity index (χ0) is 20.9. The molecule has 3 atom stereocenters. The number of allylic oxidation sites excluding steroid dienone is 3. The highest BCUT2D eigenvalue weighted by atomic mass is 32.2. The number of amides is 1. The first-order valence-corrected chi connectivity index (χ1v) is 9.72. The molecule has 29 heavy (non-hydrogen) atoms. The number of aromatic nitrogens is 2. The number of carbonyl (C=O) groups is 1. The van der Waals surface area contributed by atoms with E-state index in [1.165, 1.54) is 29.7 Å². The van der Waals surface area contributed by atoms with Gasteiger partial charge in [0.15, 0.2) is 0 Å². The van der Waals surface area contributed by atoms with Crippen LogP contribution in [0.3, 0.4) is 0 Å². The van der Waals surface area contributed by atoms with Crippen molar-refractivity contribution in [2.45, 2.75) is 17.9 Å². The molecule has 152 valence electrons. The Morgan fingerprint density at radius 1 is 1.34 bits per heavy atom. The average molecular weight is 416 g/mol. The Labute approximate surface area is 170 Å². The molecule has 2 N–H and O–H groups in total. The molecule has 0 aromatic carbocycles. The minimum atomic E-state index is -1.50. The van der Waals surface area contributed by atoms with Crippen molar-refractivity contribution in [1.29, 1.82) is 0 Å². The van der Waals surface area contributed by atoms with Gasteiger partial charge in [0.2, 0.25) is 5.96 Å². The van der Waals surface area contributed by atoms with Crippen molar-refractivity contribution < 1.29 is 9.53 Å². The van der Waals surface area contributed by atoms with E-state index in [1.807, 2.05) is 6.08 Å². The summed E-state index contributed by atoms with van der Waals surface area (Å²) in [4.78, 5) is 41.9. The van der Waals surface area contributed by atoms with Gasteiger partial charge in [-0.2, -0.15) is 0 Å². The summed E-state index contributed by atoms with van der Waals surface area (Å²) in [6.45, 7) is 1.70. The van der Waals surface area contributed by atoms with Gasteiger partial charge in [-0.15, -0.1) is 0 Å². The number of aliphatic imine (C=N–C) groups is 1. The normalized spacial score (nSPS) is 29.4. The summed E-state index contributed by atoms with van der Waals surface area (Å²) in [6.07, 6.45) is 5.38. The first-order chi connectivity index (χ1) is 13.8. The van der Waals surface area contributed by atoms with Gasteiger partial charge in [-0.1, -0.05) is 6.08 Å². The molecule has 1 fully saturated rings.